The standard InChI is InChI=1S/C17H22O3/c1-13(2)16(18)19-14-7-9-15(10-8-14)20-17(3)11-5-4-6-12-17/h7-10H,1,4-6,11-12H2,2-3H3. The van der Waals surface area contributed by atoms with E-state index in [1.807, 2.05) is 12.1 Å². The van der Waals surface area contributed by atoms with Crippen molar-refractivity contribution >= 4 is 5.97 Å². The zero-order valence-electron chi connectivity index (χ0n) is 12.3. The molecule has 0 aromatic heterocycles. The largest absolute Gasteiger partial charge is 0.488 e. The van der Waals surface area contributed by atoms with E-state index < -0.39 is 5.97 Å². The van der Waals surface area contributed by atoms with Crippen molar-refractivity contribution in [3.63, 3.8) is 0 Å². The first kappa shape index (κ1) is 14.6. The van der Waals surface area contributed by atoms with Gasteiger partial charge in [0.1, 0.15) is 17.1 Å². The Morgan fingerprint density at radius 3 is 2.20 bits per heavy atom. The predicted octanol–water partition coefficient (Wildman–Crippen LogP) is 4.27. The number of carbonyl (C=O) groups excluding carboxylic acids is 1. The summed E-state index contributed by atoms with van der Waals surface area (Å²) >= 11 is 0. The highest BCUT2D eigenvalue weighted by atomic mass is 16.5. The molecule has 2 rings (SSSR count). The van der Waals surface area contributed by atoms with E-state index >= 15 is 0 Å². The zero-order chi connectivity index (χ0) is 14.6. The van der Waals surface area contributed by atoms with E-state index in [2.05, 4.69) is 13.5 Å². The summed E-state index contributed by atoms with van der Waals surface area (Å²) in [5, 5.41) is 0. The molecule has 0 heterocycles. The smallest absolute Gasteiger partial charge is 0.338 e. The summed E-state index contributed by atoms with van der Waals surface area (Å²) in [6.07, 6.45) is 5.95. The molecule has 3 heteroatoms. The molecule has 0 N–H and O–H groups in total. The minimum Gasteiger partial charge on any atom is -0.488 e. The van der Waals surface area contributed by atoms with Gasteiger partial charge >= 0.3 is 5.97 Å². The number of ether oxygens (including phenoxy) is 2. The third-order valence-electron chi connectivity index (χ3n) is 3.66. The van der Waals surface area contributed by atoms with Gasteiger partial charge < -0.3 is 9.47 Å². The van der Waals surface area contributed by atoms with Gasteiger partial charge in [-0.15, -0.1) is 0 Å². The monoisotopic (exact) mass is 274 g/mol. The second-order valence-corrected chi connectivity index (χ2v) is 5.75. The van der Waals surface area contributed by atoms with Gasteiger partial charge in [0.25, 0.3) is 0 Å². The van der Waals surface area contributed by atoms with Crippen LogP contribution in [0.15, 0.2) is 36.4 Å². The maximum atomic E-state index is 11.4. The third kappa shape index (κ3) is 3.86. The van der Waals surface area contributed by atoms with Crippen LogP contribution >= 0.6 is 0 Å². The fraction of sp³-hybridized carbons (Fsp3) is 0.471. The number of carbonyl (C=O) groups is 1. The van der Waals surface area contributed by atoms with Gasteiger partial charge in [-0.2, -0.15) is 0 Å². The molecule has 1 saturated carbocycles. The molecule has 1 fully saturated rings. The van der Waals surface area contributed by atoms with Gasteiger partial charge in [-0.05, 0) is 63.8 Å². The van der Waals surface area contributed by atoms with Crippen molar-refractivity contribution in [1.82, 2.24) is 0 Å². The van der Waals surface area contributed by atoms with Gasteiger partial charge in [-0.3, -0.25) is 0 Å². The van der Waals surface area contributed by atoms with Gasteiger partial charge in [0.15, 0.2) is 0 Å². The molecule has 20 heavy (non-hydrogen) atoms. The van der Waals surface area contributed by atoms with E-state index in [1.54, 1.807) is 19.1 Å². The van der Waals surface area contributed by atoms with Crippen molar-refractivity contribution in [3.05, 3.63) is 36.4 Å². The lowest BCUT2D eigenvalue weighted by atomic mass is 9.86. The Bertz CT molecular complexity index is 481. The number of hydrogen-bond acceptors (Lipinski definition) is 3. The first-order valence-corrected chi connectivity index (χ1v) is 7.15. The van der Waals surface area contributed by atoms with Crippen LogP contribution in [-0.2, 0) is 4.79 Å². The topological polar surface area (TPSA) is 35.5 Å². The Kier molecular flexibility index (Phi) is 4.48. The Morgan fingerprint density at radius 2 is 1.65 bits per heavy atom. The number of hydrogen-bond donors (Lipinski definition) is 0. The average Bonchev–Trinajstić information content (AvgIpc) is 2.41. The van der Waals surface area contributed by atoms with Crippen LogP contribution in [-0.4, -0.2) is 11.6 Å². The molecule has 0 atom stereocenters. The van der Waals surface area contributed by atoms with Crippen LogP contribution in [0.2, 0.25) is 0 Å². The molecule has 1 aromatic carbocycles. The van der Waals surface area contributed by atoms with Crippen LogP contribution < -0.4 is 9.47 Å². The Hall–Kier alpha value is -1.77. The van der Waals surface area contributed by atoms with Crippen molar-refractivity contribution in [3.8, 4) is 11.5 Å². The zero-order valence-corrected chi connectivity index (χ0v) is 12.3. The van der Waals surface area contributed by atoms with Gasteiger partial charge in [0.2, 0.25) is 0 Å². The summed E-state index contributed by atoms with van der Waals surface area (Å²) in [7, 11) is 0. The van der Waals surface area contributed by atoms with E-state index in [0.29, 0.717) is 11.3 Å². The number of rotatable bonds is 4. The lowest BCUT2D eigenvalue weighted by molar-refractivity contribution is -0.130. The summed E-state index contributed by atoms with van der Waals surface area (Å²) in [4.78, 5) is 11.4. The molecule has 1 aromatic rings. The van der Waals surface area contributed by atoms with E-state index in [-0.39, 0.29) is 5.60 Å². The van der Waals surface area contributed by atoms with Crippen molar-refractivity contribution in [2.75, 3.05) is 0 Å². The van der Waals surface area contributed by atoms with Crippen LogP contribution in [0, 0.1) is 0 Å². The van der Waals surface area contributed by atoms with Crippen LogP contribution in [0.5, 0.6) is 11.5 Å². The average molecular weight is 274 g/mol. The molecular weight excluding hydrogens is 252 g/mol. The lowest BCUT2D eigenvalue weighted by Gasteiger charge is -2.34. The molecule has 0 aliphatic heterocycles. The molecule has 108 valence electrons. The second-order valence-electron chi connectivity index (χ2n) is 5.75. The Labute approximate surface area is 120 Å². The van der Waals surface area contributed by atoms with Crippen molar-refractivity contribution in [2.45, 2.75) is 51.6 Å². The molecule has 3 nitrogen and oxygen atoms in total. The lowest BCUT2D eigenvalue weighted by Crippen LogP contribution is -2.34. The molecule has 0 unspecified atom stereocenters. The molecule has 1 aliphatic carbocycles. The molecular formula is C17H22O3. The number of benzene rings is 1. The molecule has 0 saturated heterocycles. The van der Waals surface area contributed by atoms with E-state index in [0.717, 1.165) is 18.6 Å². The van der Waals surface area contributed by atoms with E-state index in [4.69, 9.17) is 9.47 Å². The van der Waals surface area contributed by atoms with Gasteiger partial charge in [0.05, 0.1) is 0 Å². The maximum Gasteiger partial charge on any atom is 0.338 e. The molecule has 0 radical (unpaired) electrons. The summed E-state index contributed by atoms with van der Waals surface area (Å²) in [6, 6.07) is 7.20. The fourth-order valence-electron chi connectivity index (χ4n) is 2.46. The van der Waals surface area contributed by atoms with E-state index in [9.17, 15) is 4.79 Å². The van der Waals surface area contributed by atoms with Crippen LogP contribution in [0.4, 0.5) is 0 Å². The Balaban J connectivity index is 1.97. The highest BCUT2D eigenvalue weighted by molar-refractivity contribution is 5.88. The first-order valence-electron chi connectivity index (χ1n) is 7.15. The number of esters is 1. The summed E-state index contributed by atoms with van der Waals surface area (Å²) in [5.74, 6) is 0.932. The molecule has 0 spiro atoms. The van der Waals surface area contributed by atoms with Crippen LogP contribution in [0.25, 0.3) is 0 Å². The minimum atomic E-state index is -0.405. The summed E-state index contributed by atoms with van der Waals surface area (Å²) < 4.78 is 11.2. The van der Waals surface area contributed by atoms with E-state index in [1.165, 1.54) is 19.3 Å². The Morgan fingerprint density at radius 1 is 1.10 bits per heavy atom. The van der Waals surface area contributed by atoms with Gasteiger partial charge in [-0.1, -0.05) is 13.0 Å². The highest BCUT2D eigenvalue weighted by Gasteiger charge is 2.28. The van der Waals surface area contributed by atoms with Crippen molar-refractivity contribution in [1.29, 1.82) is 0 Å². The summed E-state index contributed by atoms with van der Waals surface area (Å²) in [6.45, 7) is 7.35. The van der Waals surface area contributed by atoms with Crippen LogP contribution in [0.1, 0.15) is 46.0 Å². The van der Waals surface area contributed by atoms with Crippen molar-refractivity contribution in [2.24, 2.45) is 0 Å². The van der Waals surface area contributed by atoms with Crippen molar-refractivity contribution < 1.29 is 14.3 Å². The van der Waals surface area contributed by atoms with Gasteiger partial charge in [0, 0.05) is 5.57 Å². The summed E-state index contributed by atoms with van der Waals surface area (Å²) in [5.41, 5.74) is 0.328. The first-order chi connectivity index (χ1) is 9.48. The quantitative estimate of drug-likeness (QED) is 0.467. The maximum absolute atomic E-state index is 11.4. The SMILES string of the molecule is C=C(C)C(=O)Oc1ccc(OC2(C)CCCCC2)cc1. The molecule has 0 amide bonds. The molecule has 0 bridgehead atoms. The second kappa shape index (κ2) is 6.12. The predicted molar refractivity (Wildman–Crippen MR) is 79.0 cm³/mol. The van der Waals surface area contributed by atoms with Crippen LogP contribution in [0.3, 0.4) is 0 Å². The highest BCUT2D eigenvalue weighted by Crippen LogP contribution is 2.33. The fourth-order valence-corrected chi connectivity index (χ4v) is 2.46. The van der Waals surface area contributed by atoms with Gasteiger partial charge in [-0.25, -0.2) is 4.79 Å². The minimum absolute atomic E-state index is 0.0614. The normalized spacial score (nSPS) is 17.3. The third-order valence-corrected chi connectivity index (χ3v) is 3.66. The molecule has 1 aliphatic rings.